The number of hydrogen-bond acceptors (Lipinski definition) is 4. The maximum Gasteiger partial charge on any atom is 0.166 e. The Morgan fingerprint density at radius 3 is 2.67 bits per heavy atom. The van der Waals surface area contributed by atoms with Crippen LogP contribution >= 0.6 is 0 Å². The van der Waals surface area contributed by atoms with Crippen molar-refractivity contribution in [2.24, 2.45) is 5.92 Å². The van der Waals surface area contributed by atoms with Crippen LogP contribution in [0.4, 0.5) is 0 Å². The summed E-state index contributed by atoms with van der Waals surface area (Å²) < 4.78 is 6.78. The maximum atomic E-state index is 13.1. The Hall–Kier alpha value is -3.54. The minimum Gasteiger partial charge on any atom is -0.504 e. The Kier molecular flexibility index (Phi) is 3.70. The fourth-order valence-corrected chi connectivity index (χ4v) is 9.11. The van der Waals surface area contributed by atoms with Crippen LogP contribution in [-0.4, -0.2) is 44.8 Å². The number of rotatable bonds is 2. The zero-order chi connectivity index (χ0) is 25.7. The van der Waals surface area contributed by atoms with Crippen LogP contribution in [0.25, 0.3) is 32.4 Å². The number of aromatic hydroxyl groups is 1. The fraction of sp³-hybridized carbons (Fsp3) is 0.353. The van der Waals surface area contributed by atoms with Crippen LogP contribution in [-0.2, 0) is 18.3 Å². The highest BCUT2D eigenvalue weighted by atomic mass is 16.5. The van der Waals surface area contributed by atoms with Gasteiger partial charge in [0.1, 0.15) is 0 Å². The maximum absolute atomic E-state index is 13.1. The second-order valence-corrected chi connectivity index (χ2v) is 12.9. The number of likely N-dealkylation sites (tertiary alicyclic amines) is 1. The molecular formula is C34H30N2O3. The van der Waals surface area contributed by atoms with Crippen molar-refractivity contribution in [1.29, 1.82) is 0 Å². The van der Waals surface area contributed by atoms with Gasteiger partial charge in [0.25, 0.3) is 0 Å². The molecule has 4 aromatic carbocycles. The largest absolute Gasteiger partial charge is 0.504 e. The van der Waals surface area contributed by atoms with E-state index in [9.17, 15) is 10.2 Å². The van der Waals surface area contributed by atoms with E-state index in [0.29, 0.717) is 12.2 Å². The van der Waals surface area contributed by atoms with Gasteiger partial charge in [-0.3, -0.25) is 4.90 Å². The fourth-order valence-electron chi connectivity index (χ4n) is 9.11. The van der Waals surface area contributed by atoms with Crippen molar-refractivity contribution in [2.75, 3.05) is 13.1 Å². The van der Waals surface area contributed by atoms with Crippen molar-refractivity contribution in [3.05, 3.63) is 83.0 Å². The van der Waals surface area contributed by atoms with Crippen LogP contribution in [0, 0.1) is 5.92 Å². The number of aromatic nitrogens is 1. The quantitative estimate of drug-likeness (QED) is 0.258. The summed E-state index contributed by atoms with van der Waals surface area (Å²) in [4.78, 5) is 6.44. The summed E-state index contributed by atoms with van der Waals surface area (Å²) in [5.41, 5.74) is 4.16. The first-order valence-corrected chi connectivity index (χ1v) is 14.5. The van der Waals surface area contributed by atoms with Gasteiger partial charge in [-0.25, -0.2) is 0 Å². The van der Waals surface area contributed by atoms with E-state index >= 15 is 0 Å². The predicted octanol–water partition coefficient (Wildman–Crippen LogP) is 5.88. The molecule has 194 valence electrons. The zero-order valence-electron chi connectivity index (χ0n) is 21.7. The third-order valence-electron chi connectivity index (χ3n) is 11.0. The molecule has 5 heteroatoms. The number of nitrogens with zero attached hydrogens (tertiary/aromatic N) is 1. The van der Waals surface area contributed by atoms with Gasteiger partial charge in [0.2, 0.25) is 0 Å². The smallest absolute Gasteiger partial charge is 0.166 e. The van der Waals surface area contributed by atoms with E-state index in [4.69, 9.17) is 4.74 Å². The average Bonchev–Trinajstić information content (AvgIpc) is 3.57. The number of H-pyrrole nitrogens is 1. The van der Waals surface area contributed by atoms with Crippen molar-refractivity contribution in [1.82, 2.24) is 9.88 Å². The van der Waals surface area contributed by atoms with Gasteiger partial charge in [0.15, 0.2) is 17.6 Å². The first-order chi connectivity index (χ1) is 19.0. The topological polar surface area (TPSA) is 68.7 Å². The summed E-state index contributed by atoms with van der Waals surface area (Å²) in [6.45, 7) is 2.04. The summed E-state index contributed by atoms with van der Waals surface area (Å²) in [6, 6.07) is 21.4. The van der Waals surface area contributed by atoms with Gasteiger partial charge in [-0.05, 0) is 83.6 Å². The van der Waals surface area contributed by atoms with Crippen LogP contribution in [0.5, 0.6) is 11.5 Å². The third kappa shape index (κ3) is 2.42. The molecule has 3 heterocycles. The van der Waals surface area contributed by atoms with E-state index in [-0.39, 0.29) is 17.9 Å². The lowest BCUT2D eigenvalue weighted by molar-refractivity contribution is -0.173. The van der Waals surface area contributed by atoms with Gasteiger partial charge in [-0.15, -0.1) is 0 Å². The minimum absolute atomic E-state index is 0.0449. The Balaban J connectivity index is 1.25. The molecule has 0 unspecified atom stereocenters. The highest BCUT2D eigenvalue weighted by Gasteiger charge is 2.72. The molecule has 1 saturated carbocycles. The number of hydrogen-bond donors (Lipinski definition) is 3. The summed E-state index contributed by atoms with van der Waals surface area (Å²) in [7, 11) is 0. The monoisotopic (exact) mass is 514 g/mol. The second-order valence-electron chi connectivity index (χ2n) is 12.9. The molecule has 1 aromatic heterocycles. The lowest BCUT2D eigenvalue weighted by Gasteiger charge is -2.62. The van der Waals surface area contributed by atoms with Crippen molar-refractivity contribution in [3.8, 4) is 11.5 Å². The Morgan fingerprint density at radius 1 is 0.974 bits per heavy atom. The lowest BCUT2D eigenvalue weighted by Crippen LogP contribution is -2.74. The molecule has 2 aliphatic heterocycles. The molecule has 0 amide bonds. The van der Waals surface area contributed by atoms with E-state index in [0.717, 1.165) is 48.6 Å². The molecule has 1 spiro atoms. The van der Waals surface area contributed by atoms with Gasteiger partial charge >= 0.3 is 0 Å². The van der Waals surface area contributed by atoms with Crippen molar-refractivity contribution < 1.29 is 14.9 Å². The molecule has 5 nitrogen and oxygen atoms in total. The summed E-state index contributed by atoms with van der Waals surface area (Å²) in [5, 5.41) is 30.1. The van der Waals surface area contributed by atoms with E-state index in [1.165, 1.54) is 50.9 Å². The number of benzene rings is 4. The van der Waals surface area contributed by atoms with E-state index < -0.39 is 11.0 Å². The highest BCUT2D eigenvalue weighted by molar-refractivity contribution is 6.12. The molecular weight excluding hydrogens is 484 g/mol. The Bertz CT molecular complexity index is 1900. The van der Waals surface area contributed by atoms with Crippen LogP contribution in [0.3, 0.4) is 0 Å². The van der Waals surface area contributed by atoms with Gasteiger partial charge in [0.05, 0.1) is 22.2 Å². The number of aromatic amines is 1. The summed E-state index contributed by atoms with van der Waals surface area (Å²) in [5.74, 6) is 1.55. The van der Waals surface area contributed by atoms with E-state index in [1.54, 1.807) is 6.07 Å². The minimum atomic E-state index is -0.961. The van der Waals surface area contributed by atoms with Gasteiger partial charge in [-0.2, -0.15) is 0 Å². The number of phenols is 1. The molecule has 10 rings (SSSR count). The van der Waals surface area contributed by atoms with E-state index in [2.05, 4.69) is 64.5 Å². The standard InChI is InChI=1S/C34H30N2O3/c37-26-10-8-22-15-27-34(38)16-25-23-9-7-21-13-19-3-1-2-4-20(19)14-24(21)29(23)35-30(25)32-33(34,28(22)31(26)39-32)11-12-36(27)17-18-5-6-18/h1-4,7-10,13-14,18,27,32,35,37-38H,5-6,11-12,15-17H2/t27-,32+,33+,34-/m1/s1. The second kappa shape index (κ2) is 6.78. The third-order valence-corrected chi connectivity index (χ3v) is 11.0. The van der Waals surface area contributed by atoms with Crippen LogP contribution in [0.2, 0.25) is 0 Å². The molecule has 5 aliphatic rings. The van der Waals surface area contributed by atoms with Gasteiger partial charge in [0, 0.05) is 35.3 Å². The number of phenolic OH excluding ortho intramolecular Hbond substituents is 1. The summed E-state index contributed by atoms with van der Waals surface area (Å²) >= 11 is 0. The molecule has 2 bridgehead atoms. The molecule has 1 saturated heterocycles. The van der Waals surface area contributed by atoms with E-state index in [1.807, 2.05) is 0 Å². The van der Waals surface area contributed by atoms with Crippen LogP contribution in [0.15, 0.2) is 60.7 Å². The SMILES string of the molecule is Oc1ccc2c3c1O[C@H]1c4[nH]c5c(ccc6cc7ccccc7cc65)c4C[C@@]4(O)[C@@H](C2)N(CC2CC2)CC[C@]314. The Labute approximate surface area is 226 Å². The first kappa shape index (κ1) is 21.3. The number of nitrogens with one attached hydrogen (secondary N) is 1. The number of piperidine rings is 1. The van der Waals surface area contributed by atoms with Gasteiger partial charge in [-0.1, -0.05) is 42.5 Å². The predicted molar refractivity (Wildman–Crippen MR) is 152 cm³/mol. The highest BCUT2D eigenvalue weighted by Crippen LogP contribution is 2.69. The normalized spacial score (nSPS) is 30.5. The Morgan fingerprint density at radius 2 is 1.82 bits per heavy atom. The number of aliphatic hydroxyl groups is 1. The molecule has 4 atom stereocenters. The van der Waals surface area contributed by atoms with Crippen LogP contribution < -0.4 is 4.74 Å². The molecule has 39 heavy (non-hydrogen) atoms. The number of fused-ring (bicyclic) bond motifs is 7. The van der Waals surface area contributed by atoms with Crippen molar-refractivity contribution >= 4 is 32.4 Å². The van der Waals surface area contributed by atoms with Gasteiger partial charge < -0.3 is 19.9 Å². The van der Waals surface area contributed by atoms with Crippen molar-refractivity contribution in [2.45, 2.75) is 55.3 Å². The lowest BCUT2D eigenvalue weighted by atomic mass is 9.49. The first-order valence-electron chi connectivity index (χ1n) is 14.5. The molecule has 5 aromatic rings. The van der Waals surface area contributed by atoms with Crippen molar-refractivity contribution in [3.63, 3.8) is 0 Å². The molecule has 0 radical (unpaired) electrons. The van der Waals surface area contributed by atoms with Crippen LogP contribution in [0.1, 0.15) is 47.8 Å². The summed E-state index contributed by atoms with van der Waals surface area (Å²) in [6.07, 6.45) is 4.50. The molecule has 2 fully saturated rings. The average molecular weight is 515 g/mol. The number of ether oxygens (including phenoxy) is 1. The zero-order valence-corrected chi connectivity index (χ0v) is 21.7. The molecule has 3 N–H and O–H groups in total. The molecule has 3 aliphatic carbocycles.